The Balaban J connectivity index is 0.00000338. The molecular weight excluding hydrogens is 397 g/mol. The summed E-state index contributed by atoms with van der Waals surface area (Å²) in [5.74, 6) is -0.0795. The molecule has 0 bridgehead atoms. The number of carbonyl (C=O) groups is 1. The minimum absolute atomic E-state index is 0. The lowest BCUT2D eigenvalue weighted by Crippen LogP contribution is -2.35. The third-order valence-electron chi connectivity index (χ3n) is 3.99. The molecule has 1 atom stereocenters. The summed E-state index contributed by atoms with van der Waals surface area (Å²) in [6.07, 6.45) is 0.768. The Bertz CT molecular complexity index is 722. The number of aliphatic carboxylic acids is 1. The molecule has 0 aromatic heterocycles. The van der Waals surface area contributed by atoms with Crippen LogP contribution in [0.2, 0.25) is 10.0 Å². The maximum atomic E-state index is 10.8. The van der Waals surface area contributed by atoms with Crippen LogP contribution in [0.5, 0.6) is 5.75 Å². The van der Waals surface area contributed by atoms with Gasteiger partial charge in [0.25, 0.3) is 0 Å². The molecule has 2 rings (SSSR count). The molecule has 0 saturated carbocycles. The van der Waals surface area contributed by atoms with Crippen LogP contribution < -0.4 is 4.74 Å². The summed E-state index contributed by atoms with van der Waals surface area (Å²) in [6.45, 7) is 2.38. The van der Waals surface area contributed by atoms with Crippen molar-refractivity contribution in [3.63, 3.8) is 0 Å². The van der Waals surface area contributed by atoms with Gasteiger partial charge in [0.05, 0.1) is 6.54 Å². The first kappa shape index (κ1) is 22.6. The molecule has 1 N–H and O–H groups in total. The van der Waals surface area contributed by atoms with E-state index in [1.807, 2.05) is 43.1 Å². The van der Waals surface area contributed by atoms with E-state index in [0.29, 0.717) is 16.7 Å². The third-order valence-corrected chi connectivity index (χ3v) is 4.60. The summed E-state index contributed by atoms with van der Waals surface area (Å²) < 4.78 is 5.76. The number of likely N-dealkylation sites (N-methyl/N-ethyl adjacent to an activating group) is 1. The second kappa shape index (κ2) is 10.6. The number of hydrogen-bond acceptors (Lipinski definition) is 3. The smallest absolute Gasteiger partial charge is 0.317 e. The van der Waals surface area contributed by atoms with Crippen LogP contribution in [0.3, 0.4) is 0 Å². The SMILES string of the molecule is C[C@H](Cc1ccc(OCc2cc(Cl)ccc2Cl)cc1)N(C)CC(=O)O.Cl. The van der Waals surface area contributed by atoms with Gasteiger partial charge < -0.3 is 9.84 Å². The number of benzene rings is 2. The predicted octanol–water partition coefficient (Wildman–Crippen LogP) is 4.94. The molecule has 0 radical (unpaired) electrons. The van der Waals surface area contributed by atoms with Crippen molar-refractivity contribution in [1.29, 1.82) is 0 Å². The number of ether oxygens (including phenoxy) is 1. The van der Waals surface area contributed by atoms with Crippen LogP contribution in [0, 0.1) is 0 Å². The third kappa shape index (κ3) is 7.04. The number of nitrogens with zero attached hydrogens (tertiary/aromatic N) is 1. The van der Waals surface area contributed by atoms with E-state index in [1.54, 1.807) is 18.2 Å². The van der Waals surface area contributed by atoms with E-state index >= 15 is 0 Å². The lowest BCUT2D eigenvalue weighted by atomic mass is 10.1. The fourth-order valence-electron chi connectivity index (χ4n) is 2.40. The monoisotopic (exact) mass is 417 g/mol. The highest BCUT2D eigenvalue weighted by Gasteiger charge is 2.13. The quantitative estimate of drug-likeness (QED) is 0.659. The van der Waals surface area contributed by atoms with E-state index in [1.165, 1.54) is 0 Å². The van der Waals surface area contributed by atoms with Crippen molar-refractivity contribution in [2.75, 3.05) is 13.6 Å². The Morgan fingerprint density at radius 1 is 1.19 bits per heavy atom. The lowest BCUT2D eigenvalue weighted by molar-refractivity contribution is -0.138. The molecule has 0 heterocycles. The van der Waals surface area contributed by atoms with Gasteiger partial charge in [0, 0.05) is 21.7 Å². The van der Waals surface area contributed by atoms with E-state index in [2.05, 4.69) is 0 Å². The average molecular weight is 419 g/mol. The maximum Gasteiger partial charge on any atom is 0.317 e. The number of rotatable bonds is 8. The van der Waals surface area contributed by atoms with Crippen LogP contribution in [0.1, 0.15) is 18.1 Å². The number of hydrogen-bond donors (Lipinski definition) is 1. The summed E-state index contributed by atoms with van der Waals surface area (Å²) >= 11 is 12.1. The summed E-state index contributed by atoms with van der Waals surface area (Å²) in [6, 6.07) is 13.2. The normalized spacial score (nSPS) is 11.7. The van der Waals surface area contributed by atoms with Gasteiger partial charge in [-0.05, 0) is 56.3 Å². The first-order chi connectivity index (χ1) is 11.8. The van der Waals surface area contributed by atoms with Gasteiger partial charge in [0.15, 0.2) is 0 Å². The van der Waals surface area contributed by atoms with Gasteiger partial charge in [0.1, 0.15) is 12.4 Å². The van der Waals surface area contributed by atoms with Gasteiger partial charge in [-0.15, -0.1) is 12.4 Å². The Morgan fingerprint density at radius 2 is 1.85 bits per heavy atom. The van der Waals surface area contributed by atoms with Crippen molar-refractivity contribution in [3.8, 4) is 5.75 Å². The minimum Gasteiger partial charge on any atom is -0.489 e. The van der Waals surface area contributed by atoms with Crippen molar-refractivity contribution < 1.29 is 14.6 Å². The van der Waals surface area contributed by atoms with Crippen LogP contribution in [0.15, 0.2) is 42.5 Å². The Labute approximate surface area is 170 Å². The fourth-order valence-corrected chi connectivity index (χ4v) is 2.77. The highest BCUT2D eigenvalue weighted by Crippen LogP contribution is 2.23. The van der Waals surface area contributed by atoms with E-state index in [9.17, 15) is 4.79 Å². The van der Waals surface area contributed by atoms with Gasteiger partial charge in [0.2, 0.25) is 0 Å². The largest absolute Gasteiger partial charge is 0.489 e. The first-order valence-electron chi connectivity index (χ1n) is 7.93. The molecule has 142 valence electrons. The molecule has 0 amide bonds. The molecule has 4 nitrogen and oxygen atoms in total. The highest BCUT2D eigenvalue weighted by atomic mass is 35.5. The molecule has 2 aromatic carbocycles. The average Bonchev–Trinajstić information content (AvgIpc) is 2.56. The van der Waals surface area contributed by atoms with Crippen molar-refractivity contribution in [3.05, 3.63) is 63.6 Å². The molecule has 0 fully saturated rings. The second-order valence-electron chi connectivity index (χ2n) is 6.03. The molecule has 0 aliphatic rings. The van der Waals surface area contributed by atoms with Gasteiger partial charge in [-0.25, -0.2) is 0 Å². The maximum absolute atomic E-state index is 10.8. The summed E-state index contributed by atoms with van der Waals surface area (Å²) in [5.41, 5.74) is 1.96. The van der Waals surface area contributed by atoms with E-state index in [-0.39, 0.29) is 25.0 Å². The molecular formula is C19H22Cl3NO3. The van der Waals surface area contributed by atoms with E-state index in [4.69, 9.17) is 33.0 Å². The zero-order chi connectivity index (χ0) is 18.4. The molecule has 0 spiro atoms. The van der Waals surface area contributed by atoms with Gasteiger partial charge >= 0.3 is 5.97 Å². The van der Waals surface area contributed by atoms with Crippen molar-refractivity contribution in [2.24, 2.45) is 0 Å². The predicted molar refractivity (Wildman–Crippen MR) is 108 cm³/mol. The minimum atomic E-state index is -0.822. The zero-order valence-electron chi connectivity index (χ0n) is 14.6. The molecule has 7 heteroatoms. The summed E-state index contributed by atoms with van der Waals surface area (Å²) in [4.78, 5) is 12.6. The highest BCUT2D eigenvalue weighted by molar-refractivity contribution is 6.33. The Hall–Kier alpha value is -1.46. The topological polar surface area (TPSA) is 49.8 Å². The van der Waals surface area contributed by atoms with Gasteiger partial charge in [-0.3, -0.25) is 9.69 Å². The van der Waals surface area contributed by atoms with Gasteiger partial charge in [-0.2, -0.15) is 0 Å². The molecule has 0 unspecified atom stereocenters. The number of carboxylic acids is 1. The molecule has 0 aliphatic carbocycles. The molecule has 2 aromatic rings. The molecule has 0 aliphatic heterocycles. The van der Waals surface area contributed by atoms with Crippen LogP contribution in [-0.2, 0) is 17.8 Å². The summed E-state index contributed by atoms with van der Waals surface area (Å²) in [7, 11) is 1.81. The van der Waals surface area contributed by atoms with Crippen molar-refractivity contribution in [1.82, 2.24) is 4.90 Å². The number of carboxylic acid groups (broad SMARTS) is 1. The first-order valence-corrected chi connectivity index (χ1v) is 8.68. The molecule has 26 heavy (non-hydrogen) atoms. The van der Waals surface area contributed by atoms with Crippen LogP contribution >= 0.6 is 35.6 Å². The van der Waals surface area contributed by atoms with E-state index < -0.39 is 5.97 Å². The summed E-state index contributed by atoms with van der Waals surface area (Å²) in [5, 5.41) is 10.1. The Kier molecular flexibility index (Phi) is 9.23. The van der Waals surface area contributed by atoms with Crippen LogP contribution in [0.4, 0.5) is 0 Å². The standard InChI is InChI=1S/C19H21Cl2NO3.ClH/c1-13(22(2)11-19(23)24)9-14-3-6-17(7-4-14)25-12-15-10-16(20)5-8-18(15)21;/h3-8,10,13H,9,11-12H2,1-2H3,(H,23,24);1H/t13-;/m1./s1. The lowest BCUT2D eigenvalue weighted by Gasteiger charge is -2.22. The second-order valence-corrected chi connectivity index (χ2v) is 6.87. The van der Waals surface area contributed by atoms with E-state index in [0.717, 1.165) is 23.3 Å². The fraction of sp³-hybridized carbons (Fsp3) is 0.316. The zero-order valence-corrected chi connectivity index (χ0v) is 16.9. The van der Waals surface area contributed by atoms with Crippen LogP contribution in [-0.4, -0.2) is 35.6 Å². The Morgan fingerprint density at radius 3 is 2.46 bits per heavy atom. The number of halogens is 3. The van der Waals surface area contributed by atoms with Crippen LogP contribution in [0.25, 0.3) is 0 Å². The van der Waals surface area contributed by atoms with Crippen molar-refractivity contribution in [2.45, 2.75) is 26.0 Å². The van der Waals surface area contributed by atoms with Gasteiger partial charge in [-0.1, -0.05) is 35.3 Å². The van der Waals surface area contributed by atoms with Crippen molar-refractivity contribution >= 4 is 41.6 Å². The molecule has 0 saturated heterocycles.